The van der Waals surface area contributed by atoms with E-state index in [9.17, 15) is 0 Å². The van der Waals surface area contributed by atoms with E-state index in [1.807, 2.05) is 38.1 Å². The van der Waals surface area contributed by atoms with Crippen LogP contribution >= 0.6 is 11.8 Å². The van der Waals surface area contributed by atoms with Gasteiger partial charge in [-0.15, -0.1) is 11.8 Å². The molecule has 0 amide bonds. The van der Waals surface area contributed by atoms with Crippen molar-refractivity contribution in [3.8, 4) is 17.2 Å². The van der Waals surface area contributed by atoms with Gasteiger partial charge in [-0.05, 0) is 68.1 Å². The molecule has 0 N–H and O–H groups in total. The molecule has 0 saturated carbocycles. The van der Waals surface area contributed by atoms with Crippen molar-refractivity contribution in [3.63, 3.8) is 0 Å². The molecule has 33 heavy (non-hydrogen) atoms. The minimum Gasteiger partial charge on any atom is -0.494 e. The molecule has 2 aliphatic heterocycles. The Morgan fingerprint density at radius 3 is 2.42 bits per heavy atom. The van der Waals surface area contributed by atoms with E-state index in [4.69, 9.17) is 19.3 Å². The van der Waals surface area contributed by atoms with Crippen LogP contribution in [0.4, 0.5) is 0 Å². The highest BCUT2D eigenvalue weighted by atomic mass is 32.2. The van der Waals surface area contributed by atoms with Gasteiger partial charge in [0.2, 0.25) is 6.23 Å². The molecule has 6 heteroatoms. The Morgan fingerprint density at radius 1 is 0.970 bits per heavy atom. The standard InChI is InChI=1S/C27H28N2O3S/c1-4-30-20-13-9-18(10-14-20)23-17-24-22-7-6-8-25(31-5-2)26(22)32-27(29(24)28-23)19-11-15-21(33-3)16-12-19/h6-16,24,27H,4-5,17H2,1-3H3. The van der Waals surface area contributed by atoms with Crippen LogP contribution in [0, 0.1) is 0 Å². The van der Waals surface area contributed by atoms with E-state index in [1.165, 1.54) is 4.90 Å². The Kier molecular flexibility index (Phi) is 6.18. The fraction of sp³-hybridized carbons (Fsp3) is 0.296. The van der Waals surface area contributed by atoms with E-state index in [0.29, 0.717) is 13.2 Å². The van der Waals surface area contributed by atoms with E-state index in [-0.39, 0.29) is 12.3 Å². The summed E-state index contributed by atoms with van der Waals surface area (Å²) in [4.78, 5) is 1.22. The van der Waals surface area contributed by atoms with E-state index in [2.05, 4.69) is 53.7 Å². The quantitative estimate of drug-likeness (QED) is 0.379. The van der Waals surface area contributed by atoms with Gasteiger partial charge in [0, 0.05) is 22.4 Å². The third-order valence-electron chi connectivity index (χ3n) is 5.98. The third-order valence-corrected chi connectivity index (χ3v) is 6.72. The lowest BCUT2D eigenvalue weighted by Crippen LogP contribution is -2.33. The predicted molar refractivity (Wildman–Crippen MR) is 133 cm³/mol. The molecule has 3 aromatic carbocycles. The van der Waals surface area contributed by atoms with Gasteiger partial charge in [0.1, 0.15) is 5.75 Å². The summed E-state index contributed by atoms with van der Waals surface area (Å²) in [5, 5.41) is 7.18. The SMILES string of the molecule is CCOc1ccc(C2=NN3C(C2)c2cccc(OCC)c2OC3c2ccc(SC)cc2)cc1. The van der Waals surface area contributed by atoms with Crippen LogP contribution in [0.1, 0.15) is 49.2 Å². The number of thioether (sulfide) groups is 1. The summed E-state index contributed by atoms with van der Waals surface area (Å²) in [7, 11) is 0. The third kappa shape index (κ3) is 4.15. The number of para-hydroxylation sites is 1. The summed E-state index contributed by atoms with van der Waals surface area (Å²) >= 11 is 1.73. The average Bonchev–Trinajstić information content (AvgIpc) is 3.31. The summed E-state index contributed by atoms with van der Waals surface area (Å²) in [5.74, 6) is 2.48. The molecule has 0 bridgehead atoms. The van der Waals surface area contributed by atoms with Crippen molar-refractivity contribution in [2.75, 3.05) is 19.5 Å². The molecule has 0 aromatic heterocycles. The van der Waals surface area contributed by atoms with Crippen molar-refractivity contribution in [2.24, 2.45) is 5.10 Å². The molecule has 0 fully saturated rings. The highest BCUT2D eigenvalue weighted by Gasteiger charge is 2.42. The van der Waals surface area contributed by atoms with Gasteiger partial charge in [0.25, 0.3) is 0 Å². The summed E-state index contributed by atoms with van der Waals surface area (Å²) in [6, 6.07) is 22.9. The maximum atomic E-state index is 6.59. The number of benzene rings is 3. The molecule has 170 valence electrons. The molecule has 3 aromatic rings. The van der Waals surface area contributed by atoms with Crippen molar-refractivity contribution in [3.05, 3.63) is 83.4 Å². The lowest BCUT2D eigenvalue weighted by atomic mass is 9.95. The zero-order chi connectivity index (χ0) is 22.8. The average molecular weight is 461 g/mol. The predicted octanol–water partition coefficient (Wildman–Crippen LogP) is 6.45. The van der Waals surface area contributed by atoms with E-state index < -0.39 is 0 Å². The van der Waals surface area contributed by atoms with E-state index >= 15 is 0 Å². The first-order chi connectivity index (χ1) is 16.2. The highest BCUT2D eigenvalue weighted by Crippen LogP contribution is 2.50. The number of ether oxygens (including phenoxy) is 3. The molecule has 0 spiro atoms. The van der Waals surface area contributed by atoms with Crippen LogP contribution in [0.2, 0.25) is 0 Å². The Labute approximate surface area is 199 Å². The fourth-order valence-corrected chi connectivity index (χ4v) is 4.83. The maximum absolute atomic E-state index is 6.59. The van der Waals surface area contributed by atoms with Crippen LogP contribution in [0.15, 0.2) is 76.7 Å². The lowest BCUT2D eigenvalue weighted by molar-refractivity contribution is -0.0212. The Balaban J connectivity index is 1.54. The van der Waals surface area contributed by atoms with Crippen LogP contribution in [-0.4, -0.2) is 30.2 Å². The second kappa shape index (κ2) is 9.40. The fourth-order valence-electron chi connectivity index (χ4n) is 4.43. The molecule has 2 heterocycles. The van der Waals surface area contributed by atoms with Gasteiger partial charge in [-0.25, -0.2) is 5.01 Å². The first kappa shape index (κ1) is 21.7. The number of hydrogen-bond donors (Lipinski definition) is 0. The molecule has 0 saturated heterocycles. The zero-order valence-electron chi connectivity index (χ0n) is 19.2. The highest BCUT2D eigenvalue weighted by molar-refractivity contribution is 7.98. The number of rotatable bonds is 7. The molecule has 2 atom stereocenters. The van der Waals surface area contributed by atoms with Gasteiger partial charge in [0.15, 0.2) is 11.5 Å². The zero-order valence-corrected chi connectivity index (χ0v) is 20.0. The molecule has 0 radical (unpaired) electrons. The lowest BCUT2D eigenvalue weighted by Gasteiger charge is -2.38. The normalized spacial score (nSPS) is 18.8. The van der Waals surface area contributed by atoms with E-state index in [1.54, 1.807) is 11.8 Å². The van der Waals surface area contributed by atoms with Gasteiger partial charge in [0.05, 0.1) is 25.0 Å². The van der Waals surface area contributed by atoms with Crippen molar-refractivity contribution >= 4 is 17.5 Å². The molecular weight excluding hydrogens is 432 g/mol. The first-order valence-electron chi connectivity index (χ1n) is 11.4. The molecule has 2 aliphatic rings. The summed E-state index contributed by atoms with van der Waals surface area (Å²) in [5.41, 5.74) is 4.34. The minimum atomic E-state index is -0.319. The molecule has 5 rings (SSSR count). The summed E-state index contributed by atoms with van der Waals surface area (Å²) in [6.45, 7) is 5.24. The Bertz CT molecular complexity index is 1150. The van der Waals surface area contributed by atoms with Crippen LogP contribution in [-0.2, 0) is 0 Å². The van der Waals surface area contributed by atoms with Gasteiger partial charge >= 0.3 is 0 Å². The number of fused-ring (bicyclic) bond motifs is 3. The summed E-state index contributed by atoms with van der Waals surface area (Å²) < 4.78 is 18.1. The van der Waals surface area contributed by atoms with Gasteiger partial charge in [-0.2, -0.15) is 5.10 Å². The van der Waals surface area contributed by atoms with Crippen molar-refractivity contribution in [1.82, 2.24) is 5.01 Å². The largest absolute Gasteiger partial charge is 0.494 e. The van der Waals surface area contributed by atoms with Gasteiger partial charge < -0.3 is 14.2 Å². The number of nitrogens with zero attached hydrogens (tertiary/aromatic N) is 2. The van der Waals surface area contributed by atoms with Gasteiger partial charge in [-0.3, -0.25) is 0 Å². The second-order valence-electron chi connectivity index (χ2n) is 7.95. The smallest absolute Gasteiger partial charge is 0.214 e. The minimum absolute atomic E-state index is 0.0842. The second-order valence-corrected chi connectivity index (χ2v) is 8.83. The van der Waals surface area contributed by atoms with Crippen molar-refractivity contribution < 1.29 is 14.2 Å². The number of hydrazone groups is 1. The van der Waals surface area contributed by atoms with Crippen molar-refractivity contribution in [2.45, 2.75) is 37.4 Å². The van der Waals surface area contributed by atoms with Crippen molar-refractivity contribution in [1.29, 1.82) is 0 Å². The maximum Gasteiger partial charge on any atom is 0.214 e. The molecule has 5 nitrogen and oxygen atoms in total. The van der Waals surface area contributed by atoms with E-state index in [0.717, 1.165) is 46.1 Å². The Hall–Kier alpha value is -3.12. The topological polar surface area (TPSA) is 43.3 Å². The molecule has 2 unspecified atom stereocenters. The van der Waals surface area contributed by atoms with Crippen LogP contribution < -0.4 is 14.2 Å². The summed E-state index contributed by atoms with van der Waals surface area (Å²) in [6.07, 6.45) is 2.57. The van der Waals surface area contributed by atoms with Crippen LogP contribution in [0.3, 0.4) is 0 Å². The number of hydrogen-bond acceptors (Lipinski definition) is 6. The monoisotopic (exact) mass is 460 g/mol. The van der Waals surface area contributed by atoms with Crippen LogP contribution in [0.25, 0.3) is 0 Å². The Morgan fingerprint density at radius 2 is 1.73 bits per heavy atom. The molecular formula is C27H28N2O3S. The van der Waals surface area contributed by atoms with Gasteiger partial charge in [-0.1, -0.05) is 24.3 Å². The molecule has 0 aliphatic carbocycles. The first-order valence-corrected chi connectivity index (χ1v) is 12.6. The van der Waals surface area contributed by atoms with Crippen LogP contribution in [0.5, 0.6) is 17.2 Å².